The molecule has 0 radical (unpaired) electrons. The molecule has 1 aromatic rings. The molecule has 1 aliphatic heterocycles. The number of halogens is 2. The van der Waals surface area contributed by atoms with E-state index in [0.717, 1.165) is 12.8 Å². The minimum atomic E-state index is -0.734. The van der Waals surface area contributed by atoms with Crippen molar-refractivity contribution >= 4 is 35.2 Å². The topological polar surface area (TPSA) is 67.4 Å². The van der Waals surface area contributed by atoms with Gasteiger partial charge >= 0.3 is 12.0 Å². The number of ether oxygens (including phenoxy) is 1. The Hall–Kier alpha value is -1.72. The SMILES string of the molecule is C=C1NC(=O)N[C@@H](c2ccc(Cl)c(Cl)c2)[C@@H]1C(=O)OCCCC. The molecule has 1 heterocycles. The lowest BCUT2D eigenvalue weighted by Crippen LogP contribution is -2.51. The van der Waals surface area contributed by atoms with Gasteiger partial charge in [-0.25, -0.2) is 4.79 Å². The van der Waals surface area contributed by atoms with Crippen LogP contribution in [0.15, 0.2) is 30.5 Å². The van der Waals surface area contributed by atoms with E-state index < -0.39 is 24.0 Å². The van der Waals surface area contributed by atoms with E-state index in [0.29, 0.717) is 27.9 Å². The molecule has 5 nitrogen and oxygen atoms in total. The number of benzene rings is 1. The smallest absolute Gasteiger partial charge is 0.319 e. The van der Waals surface area contributed by atoms with Crippen LogP contribution in [0, 0.1) is 5.92 Å². The van der Waals surface area contributed by atoms with E-state index in [1.807, 2.05) is 6.92 Å². The predicted molar refractivity (Wildman–Crippen MR) is 89.4 cm³/mol. The third-order valence-corrected chi connectivity index (χ3v) is 4.31. The van der Waals surface area contributed by atoms with Crippen molar-refractivity contribution in [3.63, 3.8) is 0 Å². The van der Waals surface area contributed by atoms with E-state index in [9.17, 15) is 9.59 Å². The Balaban J connectivity index is 2.27. The molecular formula is C16H18Cl2N2O3. The number of esters is 1. The van der Waals surface area contributed by atoms with E-state index in [1.165, 1.54) is 0 Å². The van der Waals surface area contributed by atoms with Crippen molar-refractivity contribution in [1.29, 1.82) is 0 Å². The molecule has 0 spiro atoms. The van der Waals surface area contributed by atoms with Gasteiger partial charge in [0.15, 0.2) is 0 Å². The zero-order chi connectivity index (χ0) is 17.0. The number of hydrogen-bond acceptors (Lipinski definition) is 3. The highest BCUT2D eigenvalue weighted by molar-refractivity contribution is 6.42. The van der Waals surface area contributed by atoms with Crippen molar-refractivity contribution < 1.29 is 14.3 Å². The lowest BCUT2D eigenvalue weighted by atomic mass is 9.89. The lowest BCUT2D eigenvalue weighted by molar-refractivity contribution is -0.148. The first kappa shape index (κ1) is 17.6. The van der Waals surface area contributed by atoms with Crippen LogP contribution in [0.5, 0.6) is 0 Å². The van der Waals surface area contributed by atoms with Gasteiger partial charge in [-0.1, -0.05) is 49.2 Å². The van der Waals surface area contributed by atoms with Crippen molar-refractivity contribution in [3.8, 4) is 0 Å². The molecule has 23 heavy (non-hydrogen) atoms. The first-order chi connectivity index (χ1) is 10.9. The highest BCUT2D eigenvalue weighted by atomic mass is 35.5. The zero-order valence-corrected chi connectivity index (χ0v) is 14.2. The summed E-state index contributed by atoms with van der Waals surface area (Å²) in [5.74, 6) is -1.17. The van der Waals surface area contributed by atoms with Crippen LogP contribution in [0.25, 0.3) is 0 Å². The molecule has 1 aromatic carbocycles. The third-order valence-electron chi connectivity index (χ3n) is 3.57. The number of unbranched alkanes of at least 4 members (excludes halogenated alkanes) is 1. The molecule has 0 aromatic heterocycles. The molecule has 0 bridgehead atoms. The van der Waals surface area contributed by atoms with E-state index >= 15 is 0 Å². The second-order valence-electron chi connectivity index (χ2n) is 5.27. The highest BCUT2D eigenvalue weighted by Crippen LogP contribution is 2.33. The fourth-order valence-electron chi connectivity index (χ4n) is 2.35. The fourth-order valence-corrected chi connectivity index (χ4v) is 2.66. The van der Waals surface area contributed by atoms with Crippen LogP contribution in [-0.4, -0.2) is 18.6 Å². The molecular weight excluding hydrogens is 339 g/mol. The molecule has 0 unspecified atom stereocenters. The van der Waals surface area contributed by atoms with Crippen molar-refractivity contribution in [2.45, 2.75) is 25.8 Å². The summed E-state index contributed by atoms with van der Waals surface area (Å²) in [6.45, 7) is 6.12. The summed E-state index contributed by atoms with van der Waals surface area (Å²) >= 11 is 12.0. The summed E-state index contributed by atoms with van der Waals surface area (Å²) in [4.78, 5) is 24.1. The summed E-state index contributed by atoms with van der Waals surface area (Å²) in [6.07, 6.45) is 1.70. The third kappa shape index (κ3) is 4.18. The molecule has 1 saturated heterocycles. The van der Waals surface area contributed by atoms with E-state index in [4.69, 9.17) is 27.9 Å². The largest absolute Gasteiger partial charge is 0.465 e. The maximum Gasteiger partial charge on any atom is 0.319 e. The number of urea groups is 1. The van der Waals surface area contributed by atoms with Gasteiger partial charge in [-0.3, -0.25) is 4.79 Å². The van der Waals surface area contributed by atoms with Gasteiger partial charge in [0, 0.05) is 5.70 Å². The quantitative estimate of drug-likeness (QED) is 0.622. The average Bonchev–Trinajstić information content (AvgIpc) is 2.49. The summed E-state index contributed by atoms with van der Waals surface area (Å²) < 4.78 is 5.28. The molecule has 124 valence electrons. The molecule has 2 amide bonds. The minimum Gasteiger partial charge on any atom is -0.465 e. The van der Waals surface area contributed by atoms with Crippen LogP contribution in [0.3, 0.4) is 0 Å². The highest BCUT2D eigenvalue weighted by Gasteiger charge is 2.39. The van der Waals surface area contributed by atoms with Gasteiger partial charge in [-0.15, -0.1) is 0 Å². The maximum atomic E-state index is 12.4. The standard InChI is InChI=1S/C16H18Cl2N2O3/c1-3-4-7-23-15(21)13-9(2)19-16(22)20-14(13)10-5-6-11(17)12(18)8-10/h5-6,8,13-14H,2-4,7H2,1H3,(H2,19,20,22)/t13-,14+/m1/s1. The van der Waals surface area contributed by atoms with Crippen molar-refractivity contribution in [2.75, 3.05) is 6.61 Å². The second-order valence-corrected chi connectivity index (χ2v) is 6.09. The van der Waals surface area contributed by atoms with Gasteiger partial charge in [0.05, 0.1) is 22.7 Å². The van der Waals surface area contributed by atoms with E-state index in [1.54, 1.807) is 18.2 Å². The molecule has 7 heteroatoms. The van der Waals surface area contributed by atoms with Crippen LogP contribution in [-0.2, 0) is 9.53 Å². The van der Waals surface area contributed by atoms with Crippen molar-refractivity contribution in [2.24, 2.45) is 5.92 Å². The maximum absolute atomic E-state index is 12.4. The number of carbonyl (C=O) groups is 2. The van der Waals surface area contributed by atoms with Gasteiger partial charge in [0.1, 0.15) is 5.92 Å². The Morgan fingerprint density at radius 2 is 2.09 bits per heavy atom. The fraction of sp³-hybridized carbons (Fsp3) is 0.375. The Morgan fingerprint density at radius 3 is 2.74 bits per heavy atom. The van der Waals surface area contributed by atoms with E-state index in [-0.39, 0.29) is 0 Å². The lowest BCUT2D eigenvalue weighted by Gasteiger charge is -2.33. The van der Waals surface area contributed by atoms with Gasteiger partial charge < -0.3 is 15.4 Å². The van der Waals surface area contributed by atoms with Crippen molar-refractivity contribution in [1.82, 2.24) is 10.6 Å². The number of rotatable bonds is 5. The monoisotopic (exact) mass is 356 g/mol. The van der Waals surface area contributed by atoms with Gasteiger partial charge in [-0.2, -0.15) is 0 Å². The van der Waals surface area contributed by atoms with Gasteiger partial charge in [0.2, 0.25) is 0 Å². The normalized spacial score (nSPS) is 20.7. The Bertz CT molecular complexity index is 634. The van der Waals surface area contributed by atoms with Gasteiger partial charge in [0.25, 0.3) is 0 Å². The molecule has 1 aliphatic rings. The van der Waals surface area contributed by atoms with Crippen LogP contribution >= 0.6 is 23.2 Å². The predicted octanol–water partition coefficient (Wildman–Crippen LogP) is 3.82. The van der Waals surface area contributed by atoms with Gasteiger partial charge in [-0.05, 0) is 24.1 Å². The van der Waals surface area contributed by atoms with Crippen LogP contribution in [0.2, 0.25) is 10.0 Å². The summed E-state index contributed by atoms with van der Waals surface area (Å²) in [6, 6.07) is 3.92. The number of amides is 2. The van der Waals surface area contributed by atoms with Crippen LogP contribution < -0.4 is 10.6 Å². The number of hydrogen-bond donors (Lipinski definition) is 2. The Kier molecular flexibility index (Phi) is 5.91. The first-order valence-corrected chi connectivity index (χ1v) is 8.07. The molecule has 2 rings (SSSR count). The van der Waals surface area contributed by atoms with E-state index in [2.05, 4.69) is 17.2 Å². The van der Waals surface area contributed by atoms with Crippen LogP contribution in [0.1, 0.15) is 31.4 Å². The number of nitrogens with one attached hydrogen (secondary N) is 2. The number of carbonyl (C=O) groups excluding carboxylic acids is 2. The zero-order valence-electron chi connectivity index (χ0n) is 12.7. The Labute approximate surface area is 145 Å². The van der Waals surface area contributed by atoms with Crippen molar-refractivity contribution in [3.05, 3.63) is 46.1 Å². The molecule has 0 aliphatic carbocycles. The summed E-state index contributed by atoms with van der Waals surface area (Å²) in [5.41, 5.74) is 0.958. The second kappa shape index (κ2) is 7.70. The molecule has 0 saturated carbocycles. The molecule has 1 fully saturated rings. The summed E-state index contributed by atoms with van der Waals surface area (Å²) in [7, 11) is 0. The first-order valence-electron chi connectivity index (χ1n) is 7.32. The Morgan fingerprint density at radius 1 is 1.35 bits per heavy atom. The molecule has 2 atom stereocenters. The summed E-state index contributed by atoms with van der Waals surface area (Å²) in [5, 5.41) is 5.99. The van der Waals surface area contributed by atoms with Crippen LogP contribution in [0.4, 0.5) is 4.79 Å². The minimum absolute atomic E-state index is 0.298. The average molecular weight is 357 g/mol. The molecule has 2 N–H and O–H groups in total.